The lowest BCUT2D eigenvalue weighted by Gasteiger charge is -2.39. The van der Waals surface area contributed by atoms with Crippen molar-refractivity contribution in [3.8, 4) is 0 Å². The molecule has 138 valence electrons. The van der Waals surface area contributed by atoms with E-state index in [0.29, 0.717) is 12.1 Å². The third-order valence-electron chi connectivity index (χ3n) is 5.73. The molecule has 2 aliphatic heterocycles. The fourth-order valence-electron chi connectivity index (χ4n) is 4.42. The van der Waals surface area contributed by atoms with Gasteiger partial charge in [-0.05, 0) is 55.5 Å². The van der Waals surface area contributed by atoms with E-state index in [-0.39, 0.29) is 6.10 Å². The summed E-state index contributed by atoms with van der Waals surface area (Å²) in [6, 6.07) is 15.2. The number of pyridine rings is 1. The molecule has 2 atom stereocenters. The monoisotopic (exact) mass is 371 g/mol. The molecule has 4 nitrogen and oxygen atoms in total. The predicted molar refractivity (Wildman–Crippen MR) is 106 cm³/mol. The number of halogens is 1. The van der Waals surface area contributed by atoms with Crippen molar-refractivity contribution < 1.29 is 5.11 Å². The van der Waals surface area contributed by atoms with Crippen LogP contribution in [0.4, 0.5) is 5.82 Å². The van der Waals surface area contributed by atoms with Crippen LogP contribution in [0.25, 0.3) is 0 Å². The second kappa shape index (κ2) is 7.95. The van der Waals surface area contributed by atoms with Gasteiger partial charge in [-0.15, -0.1) is 0 Å². The summed E-state index contributed by atoms with van der Waals surface area (Å²) in [5.41, 5.74) is 1.30. The SMILES string of the molecule is O[C@H]1C[C@H](Cc2ccc(Cl)cc2)N(C2CCN(c3ccccn3)CC2)C1. The number of piperidine rings is 1. The first-order valence-electron chi connectivity index (χ1n) is 9.53. The van der Waals surface area contributed by atoms with Gasteiger partial charge < -0.3 is 10.0 Å². The second-order valence-corrected chi connectivity index (χ2v) is 7.91. The Morgan fingerprint density at radius 2 is 1.85 bits per heavy atom. The van der Waals surface area contributed by atoms with Gasteiger partial charge >= 0.3 is 0 Å². The third-order valence-corrected chi connectivity index (χ3v) is 5.98. The number of aromatic nitrogens is 1. The van der Waals surface area contributed by atoms with Crippen LogP contribution in [0.15, 0.2) is 48.7 Å². The minimum absolute atomic E-state index is 0.207. The van der Waals surface area contributed by atoms with Gasteiger partial charge in [0, 0.05) is 42.9 Å². The molecule has 26 heavy (non-hydrogen) atoms. The van der Waals surface area contributed by atoms with Gasteiger partial charge in [0.25, 0.3) is 0 Å². The molecule has 3 heterocycles. The summed E-state index contributed by atoms with van der Waals surface area (Å²) in [4.78, 5) is 9.40. The van der Waals surface area contributed by atoms with Crippen LogP contribution in [-0.2, 0) is 6.42 Å². The Bertz CT molecular complexity index is 701. The van der Waals surface area contributed by atoms with Gasteiger partial charge in [-0.1, -0.05) is 29.8 Å². The lowest BCUT2D eigenvalue weighted by atomic mass is 9.99. The Morgan fingerprint density at radius 3 is 2.54 bits per heavy atom. The largest absolute Gasteiger partial charge is 0.392 e. The van der Waals surface area contributed by atoms with Crippen molar-refractivity contribution >= 4 is 17.4 Å². The molecule has 2 fully saturated rings. The highest BCUT2D eigenvalue weighted by Crippen LogP contribution is 2.29. The van der Waals surface area contributed by atoms with Crippen molar-refractivity contribution in [1.29, 1.82) is 0 Å². The van der Waals surface area contributed by atoms with Crippen LogP contribution in [0, 0.1) is 0 Å². The molecule has 2 aliphatic rings. The van der Waals surface area contributed by atoms with E-state index in [1.807, 2.05) is 30.5 Å². The molecular weight excluding hydrogens is 346 g/mol. The van der Waals surface area contributed by atoms with Gasteiger partial charge in [0.2, 0.25) is 0 Å². The van der Waals surface area contributed by atoms with E-state index >= 15 is 0 Å². The molecule has 0 amide bonds. The molecule has 2 saturated heterocycles. The number of hydrogen-bond acceptors (Lipinski definition) is 4. The molecule has 1 N–H and O–H groups in total. The summed E-state index contributed by atoms with van der Waals surface area (Å²) in [6.45, 7) is 2.86. The fraction of sp³-hybridized carbons (Fsp3) is 0.476. The number of aliphatic hydroxyl groups excluding tert-OH is 1. The lowest BCUT2D eigenvalue weighted by molar-refractivity contribution is 0.130. The molecule has 0 radical (unpaired) electrons. The van der Waals surface area contributed by atoms with E-state index in [0.717, 1.165) is 56.2 Å². The molecular formula is C21H26ClN3O. The van der Waals surface area contributed by atoms with Crippen molar-refractivity contribution in [2.24, 2.45) is 0 Å². The van der Waals surface area contributed by atoms with E-state index in [4.69, 9.17) is 11.6 Å². The fourth-order valence-corrected chi connectivity index (χ4v) is 4.55. The summed E-state index contributed by atoms with van der Waals surface area (Å²) in [5, 5.41) is 11.0. The summed E-state index contributed by atoms with van der Waals surface area (Å²) in [5.74, 6) is 1.07. The summed E-state index contributed by atoms with van der Waals surface area (Å²) in [6.07, 6.45) is 5.75. The highest BCUT2D eigenvalue weighted by Gasteiger charge is 2.36. The van der Waals surface area contributed by atoms with Crippen molar-refractivity contribution in [2.45, 2.75) is 43.9 Å². The van der Waals surface area contributed by atoms with Crippen LogP contribution in [-0.4, -0.2) is 52.8 Å². The van der Waals surface area contributed by atoms with E-state index in [1.165, 1.54) is 5.56 Å². The molecule has 0 saturated carbocycles. The summed E-state index contributed by atoms with van der Waals surface area (Å²) >= 11 is 6.01. The maximum atomic E-state index is 10.3. The van der Waals surface area contributed by atoms with Gasteiger partial charge in [0.15, 0.2) is 0 Å². The topological polar surface area (TPSA) is 39.6 Å². The van der Waals surface area contributed by atoms with Crippen molar-refractivity contribution in [3.05, 3.63) is 59.2 Å². The maximum Gasteiger partial charge on any atom is 0.128 e. The molecule has 0 bridgehead atoms. The van der Waals surface area contributed by atoms with Crippen LogP contribution in [0.5, 0.6) is 0 Å². The summed E-state index contributed by atoms with van der Waals surface area (Å²) < 4.78 is 0. The van der Waals surface area contributed by atoms with Gasteiger partial charge in [-0.2, -0.15) is 0 Å². The quantitative estimate of drug-likeness (QED) is 0.894. The number of hydrogen-bond donors (Lipinski definition) is 1. The molecule has 0 unspecified atom stereocenters. The van der Waals surface area contributed by atoms with Crippen LogP contribution in [0.1, 0.15) is 24.8 Å². The van der Waals surface area contributed by atoms with E-state index in [2.05, 4.69) is 33.0 Å². The highest BCUT2D eigenvalue weighted by molar-refractivity contribution is 6.30. The van der Waals surface area contributed by atoms with Crippen LogP contribution in [0.2, 0.25) is 5.02 Å². The Morgan fingerprint density at radius 1 is 1.08 bits per heavy atom. The second-order valence-electron chi connectivity index (χ2n) is 7.48. The zero-order valence-electron chi connectivity index (χ0n) is 15.0. The van der Waals surface area contributed by atoms with E-state index < -0.39 is 0 Å². The minimum atomic E-state index is -0.207. The van der Waals surface area contributed by atoms with E-state index in [1.54, 1.807) is 0 Å². The average Bonchev–Trinajstić information content (AvgIpc) is 3.05. The first-order chi connectivity index (χ1) is 12.7. The summed E-state index contributed by atoms with van der Waals surface area (Å²) in [7, 11) is 0. The smallest absolute Gasteiger partial charge is 0.128 e. The number of rotatable bonds is 4. The molecule has 1 aromatic heterocycles. The average molecular weight is 372 g/mol. The lowest BCUT2D eigenvalue weighted by Crippen LogP contribution is -2.47. The molecule has 0 aliphatic carbocycles. The number of β-amino-alcohol motifs (C(OH)–C–C–N with tert-alkyl or cyclic N) is 1. The van der Waals surface area contributed by atoms with Crippen LogP contribution < -0.4 is 4.90 Å². The van der Waals surface area contributed by atoms with Crippen LogP contribution >= 0.6 is 11.6 Å². The first kappa shape index (κ1) is 17.8. The first-order valence-corrected chi connectivity index (χ1v) is 9.91. The third kappa shape index (κ3) is 4.03. The molecule has 5 heteroatoms. The van der Waals surface area contributed by atoms with Gasteiger partial charge in [0.05, 0.1) is 6.10 Å². The van der Waals surface area contributed by atoms with Crippen molar-refractivity contribution in [3.63, 3.8) is 0 Å². The van der Waals surface area contributed by atoms with Crippen molar-refractivity contribution in [1.82, 2.24) is 9.88 Å². The standard InChI is InChI=1S/C21H26ClN3O/c22-17-6-4-16(5-7-17)13-19-14-20(26)15-25(19)18-8-11-24(12-9-18)21-3-1-2-10-23-21/h1-7,10,18-20,26H,8-9,11-15H2/t19-,20-/m0/s1. The van der Waals surface area contributed by atoms with Gasteiger partial charge in [-0.25, -0.2) is 4.98 Å². The molecule has 2 aromatic rings. The number of benzene rings is 1. The van der Waals surface area contributed by atoms with Gasteiger partial charge in [-0.3, -0.25) is 4.90 Å². The number of anilines is 1. The van der Waals surface area contributed by atoms with E-state index in [9.17, 15) is 5.11 Å². The normalized spacial score (nSPS) is 24.9. The Kier molecular flexibility index (Phi) is 5.44. The number of aliphatic hydroxyl groups is 1. The Balaban J connectivity index is 1.39. The predicted octanol–water partition coefficient (Wildman–Crippen LogP) is 3.38. The Hall–Kier alpha value is -1.62. The highest BCUT2D eigenvalue weighted by atomic mass is 35.5. The molecule has 4 rings (SSSR count). The molecule has 0 spiro atoms. The zero-order valence-corrected chi connectivity index (χ0v) is 15.7. The Labute approximate surface area is 160 Å². The van der Waals surface area contributed by atoms with Crippen molar-refractivity contribution in [2.75, 3.05) is 24.5 Å². The van der Waals surface area contributed by atoms with Gasteiger partial charge in [0.1, 0.15) is 5.82 Å². The zero-order chi connectivity index (χ0) is 17.9. The number of nitrogens with zero attached hydrogens (tertiary/aromatic N) is 3. The minimum Gasteiger partial charge on any atom is -0.392 e. The number of likely N-dealkylation sites (tertiary alicyclic amines) is 1. The molecule has 1 aromatic carbocycles. The van der Waals surface area contributed by atoms with Crippen LogP contribution in [0.3, 0.4) is 0 Å². The maximum absolute atomic E-state index is 10.3.